The van der Waals surface area contributed by atoms with Crippen molar-refractivity contribution in [1.29, 1.82) is 0 Å². The molecule has 0 aliphatic heterocycles. The zero-order valence-corrected chi connectivity index (χ0v) is 12.8. The van der Waals surface area contributed by atoms with Crippen molar-refractivity contribution in [2.75, 3.05) is 0 Å². The van der Waals surface area contributed by atoms with Crippen molar-refractivity contribution < 1.29 is 9.47 Å². The maximum absolute atomic E-state index is 13.1. The Morgan fingerprint density at radius 2 is 1.50 bits per heavy atom. The van der Waals surface area contributed by atoms with Crippen LogP contribution in [0.25, 0.3) is 33.3 Å². The Morgan fingerprint density at radius 3 is 2.33 bits per heavy atom. The minimum absolute atomic E-state index is 0.189. The molecule has 0 saturated carbocycles. The molecule has 2 nitrogen and oxygen atoms in total. The Kier molecular flexibility index (Phi) is 3.67. The molecule has 3 heteroatoms. The highest BCUT2D eigenvalue weighted by Crippen LogP contribution is 2.39. The highest BCUT2D eigenvalue weighted by atomic mass is 19.3. The molecule has 0 aliphatic rings. The minimum Gasteiger partial charge on any atom is -0.294 e. The zero-order chi connectivity index (χ0) is 16.4. The maximum Gasteiger partial charge on any atom is 0.180 e. The van der Waals surface area contributed by atoms with E-state index in [0.717, 1.165) is 27.7 Å². The van der Waals surface area contributed by atoms with Gasteiger partial charge in [-0.15, -0.1) is 0 Å². The number of pyridine rings is 1. The largest absolute Gasteiger partial charge is 0.294 e. The first-order valence-electron chi connectivity index (χ1n) is 7.70. The number of hydrogen-bond donors (Lipinski definition) is 0. The Hall–Kier alpha value is -3.20. The number of hydrogen-bond acceptors (Lipinski definition) is 2. The second-order valence-corrected chi connectivity index (χ2v) is 5.51. The lowest BCUT2D eigenvalue weighted by molar-refractivity contribution is -0.00541. The van der Waals surface area contributed by atoms with Crippen LogP contribution < -0.4 is 4.94 Å². The Labute approximate surface area is 139 Å². The summed E-state index contributed by atoms with van der Waals surface area (Å²) in [6.45, 7) is 0. The van der Waals surface area contributed by atoms with Gasteiger partial charge in [-0.1, -0.05) is 66.7 Å². The van der Waals surface area contributed by atoms with Crippen molar-refractivity contribution >= 4 is 10.9 Å². The van der Waals surface area contributed by atoms with Crippen LogP contribution in [0.15, 0.2) is 84.9 Å². The van der Waals surface area contributed by atoms with Crippen LogP contribution in [0.5, 0.6) is 5.75 Å². The lowest BCUT2D eigenvalue weighted by Gasteiger charge is -2.12. The quantitative estimate of drug-likeness (QED) is 0.474. The van der Waals surface area contributed by atoms with Gasteiger partial charge in [-0.25, -0.2) is 4.98 Å². The number of halogens is 1. The van der Waals surface area contributed by atoms with Crippen molar-refractivity contribution in [2.45, 2.75) is 0 Å². The van der Waals surface area contributed by atoms with Gasteiger partial charge in [-0.05, 0) is 23.8 Å². The molecule has 0 N–H and O–H groups in total. The van der Waals surface area contributed by atoms with Crippen LogP contribution in [0.2, 0.25) is 0 Å². The zero-order valence-electron chi connectivity index (χ0n) is 12.8. The topological polar surface area (TPSA) is 22.1 Å². The molecule has 3 aromatic carbocycles. The molecule has 24 heavy (non-hydrogen) atoms. The SMILES string of the molecule is FOc1cccc(-c2ccc3ccccc3n2)c1-c1ccccc1. The van der Waals surface area contributed by atoms with E-state index in [1.54, 1.807) is 12.1 Å². The molecule has 0 amide bonds. The van der Waals surface area contributed by atoms with Gasteiger partial charge in [-0.2, -0.15) is 0 Å². The summed E-state index contributed by atoms with van der Waals surface area (Å²) in [4.78, 5) is 8.85. The van der Waals surface area contributed by atoms with Gasteiger partial charge in [0.25, 0.3) is 0 Å². The molecule has 0 atom stereocenters. The Balaban J connectivity index is 1.97. The smallest absolute Gasteiger partial charge is 0.180 e. The average Bonchev–Trinajstić information content (AvgIpc) is 2.67. The molecule has 0 unspecified atom stereocenters. The first-order valence-corrected chi connectivity index (χ1v) is 7.70. The first-order chi connectivity index (χ1) is 11.9. The van der Waals surface area contributed by atoms with E-state index in [2.05, 4.69) is 4.94 Å². The predicted molar refractivity (Wildman–Crippen MR) is 94.4 cm³/mol. The number of rotatable bonds is 3. The van der Waals surface area contributed by atoms with Crippen molar-refractivity contribution in [3.63, 3.8) is 0 Å². The van der Waals surface area contributed by atoms with Crippen LogP contribution in [0.3, 0.4) is 0 Å². The molecule has 0 radical (unpaired) electrons. The maximum atomic E-state index is 13.1. The highest BCUT2D eigenvalue weighted by molar-refractivity contribution is 5.89. The van der Waals surface area contributed by atoms with Gasteiger partial charge in [0.2, 0.25) is 0 Å². The molecule has 0 bridgehead atoms. The van der Waals surface area contributed by atoms with E-state index in [-0.39, 0.29) is 5.75 Å². The second-order valence-electron chi connectivity index (χ2n) is 5.51. The number of aromatic nitrogens is 1. The number of benzene rings is 3. The van der Waals surface area contributed by atoms with E-state index in [1.165, 1.54) is 0 Å². The van der Waals surface area contributed by atoms with Crippen LogP contribution >= 0.6 is 0 Å². The van der Waals surface area contributed by atoms with Crippen molar-refractivity contribution in [3.8, 4) is 28.1 Å². The molecule has 0 aliphatic carbocycles. The Bertz CT molecular complexity index is 999. The Morgan fingerprint density at radius 1 is 0.708 bits per heavy atom. The van der Waals surface area contributed by atoms with E-state index in [1.807, 2.05) is 72.8 Å². The fraction of sp³-hybridized carbons (Fsp3) is 0. The summed E-state index contributed by atoms with van der Waals surface area (Å²) in [5, 5.41) is 1.07. The minimum atomic E-state index is 0.189. The number of nitrogens with zero attached hydrogens (tertiary/aromatic N) is 1. The summed E-state index contributed by atoms with van der Waals surface area (Å²) in [7, 11) is 0. The third kappa shape index (κ3) is 2.50. The van der Waals surface area contributed by atoms with Crippen LogP contribution in [0.4, 0.5) is 4.53 Å². The molecule has 4 rings (SSSR count). The van der Waals surface area contributed by atoms with E-state index in [4.69, 9.17) is 4.98 Å². The second kappa shape index (κ2) is 6.13. The van der Waals surface area contributed by atoms with E-state index < -0.39 is 0 Å². The highest BCUT2D eigenvalue weighted by Gasteiger charge is 2.15. The molecule has 116 valence electrons. The van der Waals surface area contributed by atoms with Crippen molar-refractivity contribution in [1.82, 2.24) is 4.98 Å². The van der Waals surface area contributed by atoms with Crippen molar-refractivity contribution in [3.05, 3.63) is 84.9 Å². The van der Waals surface area contributed by atoms with Crippen LogP contribution in [-0.4, -0.2) is 4.98 Å². The lowest BCUT2D eigenvalue weighted by Crippen LogP contribution is -1.92. The molecular weight excluding hydrogens is 301 g/mol. The molecule has 0 saturated heterocycles. The van der Waals surface area contributed by atoms with Crippen LogP contribution in [-0.2, 0) is 0 Å². The third-order valence-corrected chi connectivity index (χ3v) is 4.05. The van der Waals surface area contributed by atoms with Gasteiger partial charge in [0.1, 0.15) is 0 Å². The normalized spacial score (nSPS) is 10.7. The van der Waals surface area contributed by atoms with E-state index >= 15 is 0 Å². The molecule has 4 aromatic rings. The molecule has 0 fully saturated rings. The van der Waals surface area contributed by atoms with Gasteiger partial charge < -0.3 is 0 Å². The van der Waals surface area contributed by atoms with Crippen LogP contribution in [0.1, 0.15) is 0 Å². The van der Waals surface area contributed by atoms with Gasteiger partial charge in [0, 0.05) is 21.0 Å². The van der Waals surface area contributed by atoms with Gasteiger partial charge in [-0.3, -0.25) is 4.94 Å². The van der Waals surface area contributed by atoms with E-state index in [9.17, 15) is 4.53 Å². The first kappa shape index (κ1) is 14.4. The van der Waals surface area contributed by atoms with E-state index in [0.29, 0.717) is 5.56 Å². The monoisotopic (exact) mass is 315 g/mol. The summed E-state index contributed by atoms with van der Waals surface area (Å²) < 4.78 is 13.1. The molecule has 1 heterocycles. The lowest BCUT2D eigenvalue weighted by atomic mass is 9.96. The van der Waals surface area contributed by atoms with Crippen molar-refractivity contribution in [2.24, 2.45) is 0 Å². The van der Waals surface area contributed by atoms with Gasteiger partial charge in [0.05, 0.1) is 11.2 Å². The predicted octanol–water partition coefficient (Wildman–Crippen LogP) is 5.83. The summed E-state index contributed by atoms with van der Waals surface area (Å²) in [6.07, 6.45) is 0. The number of para-hydroxylation sites is 1. The van der Waals surface area contributed by atoms with Crippen LogP contribution in [0, 0.1) is 0 Å². The summed E-state index contributed by atoms with van der Waals surface area (Å²) >= 11 is 0. The molecule has 0 spiro atoms. The third-order valence-electron chi connectivity index (χ3n) is 4.05. The molecular formula is C21H14FNO. The van der Waals surface area contributed by atoms with Gasteiger partial charge in [0.15, 0.2) is 5.75 Å². The summed E-state index contributed by atoms with van der Waals surface area (Å²) in [5.74, 6) is 0.189. The summed E-state index contributed by atoms with van der Waals surface area (Å²) in [6, 6.07) is 26.9. The molecule has 1 aromatic heterocycles. The van der Waals surface area contributed by atoms with Gasteiger partial charge >= 0.3 is 0 Å². The average molecular weight is 315 g/mol. The summed E-state index contributed by atoms with van der Waals surface area (Å²) in [5.41, 5.74) is 4.10. The fourth-order valence-electron chi connectivity index (χ4n) is 2.93. The fourth-order valence-corrected chi connectivity index (χ4v) is 2.93. The standard InChI is InChI=1S/C21H14FNO/c22-24-20-12-6-10-17(21(20)16-8-2-1-3-9-16)19-14-13-15-7-4-5-11-18(15)23-19/h1-14H. The number of fused-ring (bicyclic) bond motifs is 1.